The summed E-state index contributed by atoms with van der Waals surface area (Å²) in [4.78, 5) is 0. The molecule has 0 N–H and O–H groups in total. The molecule has 0 spiro atoms. The average molecular weight is 481 g/mol. The zero-order chi connectivity index (χ0) is 25.2. The monoisotopic (exact) mass is 480 g/mol. The molecule has 0 bridgehead atoms. The number of rotatable bonds is 5. The molecule has 0 aromatic heterocycles. The van der Waals surface area contributed by atoms with E-state index in [2.05, 4.69) is 137 Å². The molecule has 0 fully saturated rings. The summed E-state index contributed by atoms with van der Waals surface area (Å²) >= 11 is 0. The van der Waals surface area contributed by atoms with Gasteiger partial charge < -0.3 is 4.43 Å². The van der Waals surface area contributed by atoms with Gasteiger partial charge in [0.05, 0.1) is 5.48 Å². The Balaban J connectivity index is 2.84. The maximum absolute atomic E-state index is 6.65. The van der Waals surface area contributed by atoms with E-state index < -0.39 is 8.32 Å². The molecule has 2 rings (SSSR count). The lowest BCUT2D eigenvalue weighted by molar-refractivity contribution is 0.553. The quantitative estimate of drug-likeness (QED) is 0.307. The maximum Gasteiger partial charge on any atom is 0.192 e. The van der Waals surface area contributed by atoms with Gasteiger partial charge in [0, 0.05) is 5.30 Å². The van der Waals surface area contributed by atoms with Crippen LogP contribution in [0.2, 0.25) is 19.6 Å². The number of hydrogen-bond donors (Lipinski definition) is 0. The fraction of sp³-hybridized carbons (Fsp3) is 0.500. The van der Waals surface area contributed by atoms with E-state index in [1.54, 1.807) is 0 Å². The Morgan fingerprint density at radius 3 is 1.64 bits per heavy atom. The largest absolute Gasteiger partial charge is 0.382 e. The second-order valence-electron chi connectivity index (χ2n) is 13.1. The van der Waals surface area contributed by atoms with Crippen molar-refractivity contribution in [2.24, 2.45) is 0 Å². The summed E-state index contributed by atoms with van der Waals surface area (Å²) in [6.07, 6.45) is 4.37. The molecule has 3 heteroatoms. The van der Waals surface area contributed by atoms with E-state index >= 15 is 0 Å². The molecule has 0 radical (unpaired) electrons. The predicted molar refractivity (Wildman–Crippen MR) is 154 cm³/mol. The highest BCUT2D eigenvalue weighted by Crippen LogP contribution is 2.35. The minimum atomic E-state index is -1.77. The minimum absolute atomic E-state index is 0.0387. The molecule has 33 heavy (non-hydrogen) atoms. The molecule has 0 aliphatic rings. The molecule has 2 aromatic carbocycles. The fourth-order valence-corrected chi connectivity index (χ4v) is 6.69. The van der Waals surface area contributed by atoms with Gasteiger partial charge in [-0.25, -0.2) is 0 Å². The van der Waals surface area contributed by atoms with Gasteiger partial charge in [0.1, 0.15) is 0 Å². The molecular formula is C30H45OPSi. The third-order valence-electron chi connectivity index (χ3n) is 5.44. The van der Waals surface area contributed by atoms with Gasteiger partial charge in [-0.05, 0) is 72.4 Å². The van der Waals surface area contributed by atoms with Crippen LogP contribution >= 0.6 is 8.20 Å². The predicted octanol–water partition coefficient (Wildman–Crippen LogP) is 8.85. The zero-order valence-electron chi connectivity index (χ0n) is 23.1. The molecule has 0 saturated heterocycles. The van der Waals surface area contributed by atoms with Gasteiger partial charge in [-0.1, -0.05) is 111 Å². The van der Waals surface area contributed by atoms with Crippen molar-refractivity contribution in [1.29, 1.82) is 0 Å². The van der Waals surface area contributed by atoms with Crippen molar-refractivity contribution in [2.75, 3.05) is 0 Å². The van der Waals surface area contributed by atoms with Gasteiger partial charge in [-0.3, -0.25) is 0 Å². The van der Waals surface area contributed by atoms with E-state index in [0.717, 1.165) is 13.7 Å². The summed E-state index contributed by atoms with van der Waals surface area (Å²) in [7, 11) is -0.629. The summed E-state index contributed by atoms with van der Waals surface area (Å²) < 4.78 is 6.65. The van der Waals surface area contributed by atoms with Gasteiger partial charge in [-0.2, -0.15) is 0 Å². The molecule has 2 aromatic rings. The summed E-state index contributed by atoms with van der Waals surface area (Å²) in [6.45, 7) is 27.7. The molecule has 0 aliphatic carbocycles. The first kappa shape index (κ1) is 27.8. The van der Waals surface area contributed by atoms with Gasteiger partial charge >= 0.3 is 0 Å². The Labute approximate surface area is 206 Å². The van der Waals surface area contributed by atoms with Crippen molar-refractivity contribution >= 4 is 33.4 Å². The first-order valence-electron chi connectivity index (χ1n) is 12.1. The summed E-state index contributed by atoms with van der Waals surface area (Å²) in [5.74, 6) is 0. The maximum atomic E-state index is 6.65. The SMILES string of the molecule is CC(C)(C)c1cc(C(C)(C)C)c(P=C(C=Cc2ccccc2)O[Si](C)(C)C)c(C(C)(C)C)c1. The number of benzene rings is 2. The van der Waals surface area contributed by atoms with Crippen molar-refractivity contribution in [3.8, 4) is 0 Å². The molecule has 1 nitrogen and oxygen atoms in total. The van der Waals surface area contributed by atoms with Gasteiger partial charge in [-0.15, -0.1) is 0 Å². The van der Waals surface area contributed by atoms with Crippen LogP contribution in [0.4, 0.5) is 0 Å². The van der Waals surface area contributed by atoms with Crippen LogP contribution in [0.3, 0.4) is 0 Å². The highest BCUT2D eigenvalue weighted by atomic mass is 31.1. The fourth-order valence-electron chi connectivity index (χ4n) is 3.58. The van der Waals surface area contributed by atoms with E-state index in [-0.39, 0.29) is 16.2 Å². The van der Waals surface area contributed by atoms with Crippen LogP contribution in [-0.4, -0.2) is 13.8 Å². The van der Waals surface area contributed by atoms with Crippen LogP contribution in [0.5, 0.6) is 0 Å². The zero-order valence-corrected chi connectivity index (χ0v) is 24.9. The van der Waals surface area contributed by atoms with Crippen molar-refractivity contribution in [3.63, 3.8) is 0 Å². The normalized spacial score (nSPS) is 14.2. The number of hydrogen-bond acceptors (Lipinski definition) is 1. The molecule has 0 aliphatic heterocycles. The highest BCUT2D eigenvalue weighted by molar-refractivity contribution is 7.49. The molecule has 0 heterocycles. The summed E-state index contributed by atoms with van der Waals surface area (Å²) in [6, 6.07) is 15.4. The van der Waals surface area contributed by atoms with Crippen molar-refractivity contribution in [2.45, 2.75) is 98.2 Å². The van der Waals surface area contributed by atoms with Crippen molar-refractivity contribution in [3.05, 3.63) is 70.8 Å². The highest BCUT2D eigenvalue weighted by Gasteiger charge is 2.29. The van der Waals surface area contributed by atoms with Crippen molar-refractivity contribution in [1.82, 2.24) is 0 Å². The van der Waals surface area contributed by atoms with Gasteiger partial charge in [0.15, 0.2) is 8.32 Å². The standard InChI is InChI=1S/C30H45OPSi/c1-28(2,3)23-20-24(29(4,5)6)27(25(21-23)30(7,8)9)32-26(31-33(10,11)12)19-18-22-16-14-13-15-17-22/h13-21H,1-12H3. The lowest BCUT2D eigenvalue weighted by Gasteiger charge is -2.32. The van der Waals surface area contributed by atoms with Gasteiger partial charge in [0.2, 0.25) is 0 Å². The van der Waals surface area contributed by atoms with Crippen molar-refractivity contribution < 1.29 is 4.43 Å². The molecule has 180 valence electrons. The first-order chi connectivity index (χ1) is 14.9. The van der Waals surface area contributed by atoms with E-state index in [1.165, 1.54) is 27.6 Å². The Hall–Kier alpha value is -1.47. The first-order valence-corrected chi connectivity index (χ1v) is 16.4. The summed E-state index contributed by atoms with van der Waals surface area (Å²) in [5, 5.41) is 1.40. The Morgan fingerprint density at radius 1 is 0.758 bits per heavy atom. The Kier molecular flexibility index (Phi) is 8.44. The molecule has 0 unspecified atom stereocenters. The van der Waals surface area contributed by atoms with Crippen LogP contribution < -0.4 is 5.30 Å². The van der Waals surface area contributed by atoms with E-state index in [9.17, 15) is 0 Å². The smallest absolute Gasteiger partial charge is 0.192 e. The second kappa shape index (κ2) is 10.0. The Bertz CT molecular complexity index is 969. The molecular weight excluding hydrogens is 435 g/mol. The lowest BCUT2D eigenvalue weighted by atomic mass is 9.75. The van der Waals surface area contributed by atoms with Gasteiger partial charge in [0.25, 0.3) is 0 Å². The van der Waals surface area contributed by atoms with Crippen LogP contribution in [0, 0.1) is 0 Å². The lowest BCUT2D eigenvalue weighted by Crippen LogP contribution is -2.31. The van der Waals surface area contributed by atoms with Crippen LogP contribution in [0.1, 0.15) is 84.6 Å². The van der Waals surface area contributed by atoms with Crippen LogP contribution in [0.25, 0.3) is 6.08 Å². The summed E-state index contributed by atoms with van der Waals surface area (Å²) in [5.41, 5.74) is 6.66. The molecule has 0 amide bonds. The van der Waals surface area contributed by atoms with Crippen LogP contribution in [0.15, 0.2) is 48.5 Å². The molecule has 0 atom stereocenters. The topological polar surface area (TPSA) is 9.23 Å². The van der Waals surface area contributed by atoms with E-state index in [0.29, 0.717) is 0 Å². The minimum Gasteiger partial charge on any atom is -0.382 e. The second-order valence-corrected chi connectivity index (χ2v) is 18.6. The molecule has 0 saturated carbocycles. The van der Waals surface area contributed by atoms with E-state index in [1.807, 2.05) is 0 Å². The van der Waals surface area contributed by atoms with E-state index in [4.69, 9.17) is 4.43 Å². The third-order valence-corrected chi connectivity index (χ3v) is 7.61. The van der Waals surface area contributed by atoms with Crippen LogP contribution in [-0.2, 0) is 20.7 Å². The average Bonchev–Trinajstić information content (AvgIpc) is 2.63. The third kappa shape index (κ3) is 8.36. The Morgan fingerprint density at radius 2 is 1.24 bits per heavy atom.